The minimum Gasteiger partial charge on any atom is -0.335 e. The van der Waals surface area contributed by atoms with Crippen LogP contribution in [-0.2, 0) is 19.6 Å². The van der Waals surface area contributed by atoms with Crippen molar-refractivity contribution in [2.45, 2.75) is 61.5 Å². The molecular weight excluding hydrogens is 494 g/mol. The summed E-state index contributed by atoms with van der Waals surface area (Å²) in [6, 6.07) is 10.3. The summed E-state index contributed by atoms with van der Waals surface area (Å²) in [7, 11) is -3.87. The molecule has 3 fully saturated rings. The fourth-order valence-electron chi connectivity index (χ4n) is 5.39. The second kappa shape index (κ2) is 8.43. The Morgan fingerprint density at radius 1 is 1.00 bits per heavy atom. The quantitative estimate of drug-likeness (QED) is 0.657. The third kappa shape index (κ3) is 4.06. The second-order valence-electron chi connectivity index (χ2n) is 8.99. The zero-order valence-corrected chi connectivity index (χ0v) is 20.1. The van der Waals surface area contributed by atoms with E-state index < -0.39 is 16.1 Å². The van der Waals surface area contributed by atoms with E-state index in [1.54, 1.807) is 18.2 Å². The zero-order chi connectivity index (χ0) is 22.5. The third-order valence-electron chi connectivity index (χ3n) is 6.98. The number of amides is 2. The number of carbonyl (C=O) groups is 2. The Kier molecular flexibility index (Phi) is 5.75. The largest absolute Gasteiger partial charge is 0.335 e. The average Bonchev–Trinajstić information content (AvgIpc) is 3.37. The Bertz CT molecular complexity index is 1160. The summed E-state index contributed by atoms with van der Waals surface area (Å²) < 4.78 is 29.6. The molecule has 0 aliphatic carbocycles. The normalized spacial score (nSPS) is 25.7. The van der Waals surface area contributed by atoms with Crippen molar-refractivity contribution in [3.8, 4) is 0 Å². The molecule has 5 rings (SSSR count). The van der Waals surface area contributed by atoms with E-state index in [1.807, 2.05) is 23.1 Å². The molecule has 0 unspecified atom stereocenters. The highest BCUT2D eigenvalue weighted by molar-refractivity contribution is 9.10. The molecule has 2 aromatic rings. The monoisotopic (exact) mass is 519 g/mol. The first-order valence-electron chi connectivity index (χ1n) is 11.1. The van der Waals surface area contributed by atoms with Crippen molar-refractivity contribution < 1.29 is 18.0 Å². The number of hydrogen-bond donors (Lipinski definition) is 1. The number of likely N-dealkylation sites (tertiary alicyclic amines) is 1. The molecule has 3 heterocycles. The van der Waals surface area contributed by atoms with Gasteiger partial charge < -0.3 is 9.80 Å². The molecule has 0 saturated carbocycles. The van der Waals surface area contributed by atoms with E-state index in [0.717, 1.165) is 40.9 Å². The lowest BCUT2D eigenvalue weighted by Crippen LogP contribution is -2.55. The van der Waals surface area contributed by atoms with Crippen molar-refractivity contribution in [1.29, 1.82) is 0 Å². The van der Waals surface area contributed by atoms with Gasteiger partial charge in [-0.15, -0.1) is 0 Å². The number of halogens is 1. The first-order valence-corrected chi connectivity index (χ1v) is 13.4. The van der Waals surface area contributed by atoms with Crippen LogP contribution in [0, 0.1) is 0 Å². The number of nitrogens with zero attached hydrogens (tertiary/aromatic N) is 2. The summed E-state index contributed by atoms with van der Waals surface area (Å²) in [6.45, 7) is 0.520. The lowest BCUT2D eigenvalue weighted by atomic mass is 10.0. The van der Waals surface area contributed by atoms with Crippen molar-refractivity contribution in [1.82, 2.24) is 14.5 Å². The fourth-order valence-corrected chi connectivity index (χ4v) is 7.03. The minimum absolute atomic E-state index is 0.00690. The highest BCUT2D eigenvalue weighted by Gasteiger charge is 2.43. The van der Waals surface area contributed by atoms with Crippen LogP contribution < -0.4 is 4.72 Å². The highest BCUT2D eigenvalue weighted by Crippen LogP contribution is 2.37. The van der Waals surface area contributed by atoms with Crippen molar-refractivity contribution in [2.24, 2.45) is 0 Å². The molecule has 1 atom stereocenters. The van der Waals surface area contributed by atoms with Crippen LogP contribution in [0.3, 0.4) is 0 Å². The zero-order valence-electron chi connectivity index (χ0n) is 17.7. The van der Waals surface area contributed by atoms with Crippen LogP contribution in [0.1, 0.15) is 38.5 Å². The lowest BCUT2D eigenvalue weighted by Gasteiger charge is -2.34. The van der Waals surface area contributed by atoms with Gasteiger partial charge in [-0.1, -0.05) is 28.1 Å². The maximum absolute atomic E-state index is 13.0. The van der Waals surface area contributed by atoms with Crippen LogP contribution in [0.4, 0.5) is 0 Å². The number of rotatable bonds is 5. The van der Waals surface area contributed by atoms with Gasteiger partial charge in [0.05, 0.1) is 11.4 Å². The van der Waals surface area contributed by atoms with Gasteiger partial charge in [-0.05, 0) is 73.6 Å². The molecule has 2 bridgehead atoms. The van der Waals surface area contributed by atoms with Crippen molar-refractivity contribution in [3.05, 3.63) is 40.9 Å². The van der Waals surface area contributed by atoms with E-state index in [2.05, 4.69) is 20.7 Å². The summed E-state index contributed by atoms with van der Waals surface area (Å²) in [4.78, 5) is 29.5. The number of sulfonamides is 1. The van der Waals surface area contributed by atoms with Gasteiger partial charge in [0.25, 0.3) is 0 Å². The number of hydrogen-bond acceptors (Lipinski definition) is 4. The second-order valence-corrected chi connectivity index (χ2v) is 11.6. The average molecular weight is 520 g/mol. The van der Waals surface area contributed by atoms with Crippen LogP contribution >= 0.6 is 15.9 Å². The summed E-state index contributed by atoms with van der Waals surface area (Å²) >= 11 is 3.42. The molecule has 32 heavy (non-hydrogen) atoms. The topological polar surface area (TPSA) is 86.8 Å². The number of benzene rings is 2. The van der Waals surface area contributed by atoms with Gasteiger partial charge in [0.2, 0.25) is 21.8 Å². The van der Waals surface area contributed by atoms with Crippen LogP contribution in [0.5, 0.6) is 0 Å². The maximum Gasteiger partial charge on any atom is 0.242 e. The predicted octanol–water partition coefficient (Wildman–Crippen LogP) is 3.03. The number of fused-ring (bicyclic) bond motifs is 3. The molecule has 2 amide bonds. The van der Waals surface area contributed by atoms with Gasteiger partial charge in [0.15, 0.2) is 0 Å². The van der Waals surface area contributed by atoms with Crippen LogP contribution in [-0.4, -0.2) is 61.2 Å². The molecule has 9 heteroatoms. The molecule has 3 aliphatic heterocycles. The molecule has 0 aromatic heterocycles. The van der Waals surface area contributed by atoms with Crippen LogP contribution in [0.2, 0.25) is 0 Å². The van der Waals surface area contributed by atoms with Gasteiger partial charge in [-0.2, -0.15) is 4.72 Å². The fraction of sp³-hybridized carbons (Fsp3) is 0.478. The SMILES string of the molecule is O=C1[C@@H](NS(=O)(=O)c2ccc3cc(Br)ccc3c2)CCCN1CC(=O)N1C2CCC1CC2. The Hall–Kier alpha value is -1.97. The van der Waals surface area contributed by atoms with Crippen molar-refractivity contribution in [2.75, 3.05) is 13.1 Å². The van der Waals surface area contributed by atoms with Gasteiger partial charge in [-0.3, -0.25) is 9.59 Å². The minimum atomic E-state index is -3.87. The summed E-state index contributed by atoms with van der Waals surface area (Å²) in [5.74, 6) is -0.322. The maximum atomic E-state index is 13.0. The van der Waals surface area contributed by atoms with Crippen molar-refractivity contribution in [3.63, 3.8) is 0 Å². The molecule has 7 nitrogen and oxygen atoms in total. The lowest BCUT2D eigenvalue weighted by molar-refractivity contribution is -0.143. The molecular formula is C23H26BrN3O4S. The molecule has 170 valence electrons. The first-order chi connectivity index (χ1) is 15.3. The van der Waals surface area contributed by atoms with Gasteiger partial charge in [0.1, 0.15) is 6.04 Å². The van der Waals surface area contributed by atoms with E-state index in [1.165, 1.54) is 4.90 Å². The van der Waals surface area contributed by atoms with E-state index in [9.17, 15) is 18.0 Å². The van der Waals surface area contributed by atoms with E-state index in [0.29, 0.717) is 31.5 Å². The summed E-state index contributed by atoms with van der Waals surface area (Å²) in [5.41, 5.74) is 0. The van der Waals surface area contributed by atoms with E-state index in [-0.39, 0.29) is 23.3 Å². The summed E-state index contributed by atoms with van der Waals surface area (Å²) in [5, 5.41) is 1.73. The first kappa shape index (κ1) is 21.9. The van der Waals surface area contributed by atoms with E-state index >= 15 is 0 Å². The highest BCUT2D eigenvalue weighted by atomic mass is 79.9. The van der Waals surface area contributed by atoms with E-state index in [4.69, 9.17) is 0 Å². The molecule has 1 N–H and O–H groups in total. The standard InChI is InChI=1S/C23H26BrN3O4S/c24-17-5-3-16-13-20(10-4-15(16)12-17)32(30,31)25-21-2-1-11-26(23(21)29)14-22(28)27-18-6-7-19(27)9-8-18/h3-5,10,12-13,18-19,21,25H,1-2,6-9,11,14H2/t18?,19?,21-/m0/s1. The molecule has 0 spiro atoms. The van der Waals surface area contributed by atoms with Gasteiger partial charge >= 0.3 is 0 Å². The third-order valence-corrected chi connectivity index (χ3v) is 8.94. The molecule has 0 radical (unpaired) electrons. The van der Waals surface area contributed by atoms with Crippen LogP contribution in [0.25, 0.3) is 10.8 Å². The van der Waals surface area contributed by atoms with Crippen LogP contribution in [0.15, 0.2) is 45.8 Å². The Balaban J connectivity index is 1.28. The van der Waals surface area contributed by atoms with Gasteiger partial charge in [0, 0.05) is 23.1 Å². The van der Waals surface area contributed by atoms with Gasteiger partial charge in [-0.25, -0.2) is 8.42 Å². The number of piperidine rings is 1. The predicted molar refractivity (Wildman–Crippen MR) is 124 cm³/mol. The Morgan fingerprint density at radius 2 is 1.66 bits per heavy atom. The number of carbonyl (C=O) groups excluding carboxylic acids is 2. The molecule has 2 aromatic carbocycles. The smallest absolute Gasteiger partial charge is 0.242 e. The number of nitrogens with one attached hydrogen (secondary N) is 1. The van der Waals surface area contributed by atoms with Crippen molar-refractivity contribution >= 4 is 48.5 Å². The summed E-state index contributed by atoms with van der Waals surface area (Å²) in [6.07, 6.45) is 5.29. The molecule has 3 saturated heterocycles. The molecule has 3 aliphatic rings. The Morgan fingerprint density at radius 3 is 2.38 bits per heavy atom. The Labute approximate surface area is 196 Å².